The predicted octanol–water partition coefficient (Wildman–Crippen LogP) is 13.2. The molecule has 0 amide bonds. The molecule has 7 rings (SSSR count). The van der Waals surface area contributed by atoms with Crippen LogP contribution in [0.25, 0.3) is 51.4 Å². The zero-order valence-corrected chi connectivity index (χ0v) is 42.1. The van der Waals surface area contributed by atoms with E-state index in [1.54, 1.807) is 65.3 Å². The summed E-state index contributed by atoms with van der Waals surface area (Å²) >= 11 is 0. The molecule has 0 fully saturated rings. The van der Waals surface area contributed by atoms with E-state index in [0.29, 0.717) is 42.7 Å². The molecule has 0 radical (unpaired) electrons. The van der Waals surface area contributed by atoms with Gasteiger partial charge in [-0.3, -0.25) is 9.97 Å². The SMILES string of the molecule is COc1ccc(COc2ccc(-c3ccc(-c4nc(C=C(F)F)cn4COCC[Si](C)(C)C)cn3)cc2)cc1.C[Si](C)(C)CCOCn1cc(CC(F)F)nc1-c1ccc(-c2ccc(O)cc2)nc1. The minimum atomic E-state index is -2.45. The first kappa shape index (κ1) is 52.0. The Morgan fingerprint density at radius 1 is 0.638 bits per heavy atom. The highest BCUT2D eigenvalue weighted by Gasteiger charge is 2.18. The molecule has 0 saturated heterocycles. The molecule has 11 nitrogen and oxygen atoms in total. The van der Waals surface area contributed by atoms with Gasteiger partial charge in [0.2, 0.25) is 6.43 Å². The van der Waals surface area contributed by atoms with Crippen LogP contribution in [0.2, 0.25) is 51.4 Å². The van der Waals surface area contributed by atoms with Crippen molar-refractivity contribution >= 4 is 22.2 Å². The van der Waals surface area contributed by atoms with E-state index in [-0.39, 0.29) is 24.9 Å². The number of ether oxygens (including phenoxy) is 4. The van der Waals surface area contributed by atoms with Crippen molar-refractivity contribution in [2.45, 2.75) is 84.3 Å². The number of hydrogen-bond donors (Lipinski definition) is 1. The molecule has 1 N–H and O–H groups in total. The van der Waals surface area contributed by atoms with Crippen LogP contribution in [0.5, 0.6) is 17.2 Å². The normalized spacial score (nSPS) is 11.6. The topological polar surface area (TPSA) is 119 Å². The molecule has 4 aromatic heterocycles. The maximum Gasteiger partial charge on any atom is 0.272 e. The van der Waals surface area contributed by atoms with Gasteiger partial charge in [-0.2, -0.15) is 8.78 Å². The summed E-state index contributed by atoms with van der Waals surface area (Å²) in [6, 6.07) is 31.8. The average Bonchev–Trinajstić information content (AvgIpc) is 3.91. The first-order chi connectivity index (χ1) is 32.9. The average molecular weight is 981 g/mol. The van der Waals surface area contributed by atoms with E-state index in [1.807, 2.05) is 72.8 Å². The van der Waals surface area contributed by atoms with Crippen LogP contribution < -0.4 is 9.47 Å². The lowest BCUT2D eigenvalue weighted by atomic mass is 10.1. The van der Waals surface area contributed by atoms with Gasteiger partial charge in [-0.15, -0.1) is 0 Å². The van der Waals surface area contributed by atoms with Crippen LogP contribution >= 0.6 is 0 Å². The van der Waals surface area contributed by atoms with Gasteiger partial charge < -0.3 is 33.2 Å². The third kappa shape index (κ3) is 16.7. The summed E-state index contributed by atoms with van der Waals surface area (Å²) in [6.45, 7) is 15.9. The number of pyridine rings is 2. The van der Waals surface area contributed by atoms with Crippen LogP contribution in [0.15, 0.2) is 128 Å². The van der Waals surface area contributed by atoms with Crippen molar-refractivity contribution in [2.75, 3.05) is 20.3 Å². The number of rotatable bonds is 21. The number of benzene rings is 3. The molecule has 69 heavy (non-hydrogen) atoms. The van der Waals surface area contributed by atoms with Crippen LogP contribution in [0, 0.1) is 0 Å². The van der Waals surface area contributed by atoms with Crippen molar-refractivity contribution in [1.82, 2.24) is 29.1 Å². The summed E-state index contributed by atoms with van der Waals surface area (Å²) in [5.41, 5.74) is 6.32. The van der Waals surface area contributed by atoms with Crippen molar-refractivity contribution in [3.63, 3.8) is 0 Å². The van der Waals surface area contributed by atoms with Gasteiger partial charge in [-0.25, -0.2) is 18.7 Å². The highest BCUT2D eigenvalue weighted by molar-refractivity contribution is 6.76. The van der Waals surface area contributed by atoms with Crippen molar-refractivity contribution in [3.05, 3.63) is 145 Å². The number of phenolic OH excluding ortho intramolecular Hbond substituents is 1. The van der Waals surface area contributed by atoms with Gasteiger partial charge in [-0.1, -0.05) is 51.4 Å². The second-order valence-corrected chi connectivity index (χ2v) is 30.0. The summed E-state index contributed by atoms with van der Waals surface area (Å²) in [5.74, 6) is 2.84. The fourth-order valence-electron chi connectivity index (χ4n) is 6.72. The van der Waals surface area contributed by atoms with Gasteiger partial charge in [0.15, 0.2) is 0 Å². The van der Waals surface area contributed by atoms with E-state index < -0.39 is 35.1 Å². The van der Waals surface area contributed by atoms with E-state index in [1.165, 1.54) is 0 Å². The Kier molecular flexibility index (Phi) is 18.3. The maximum atomic E-state index is 12.9. The molecule has 0 aliphatic heterocycles. The third-order valence-electron chi connectivity index (χ3n) is 10.6. The van der Waals surface area contributed by atoms with Gasteiger partial charge in [0, 0.05) is 82.5 Å². The Labute approximate surface area is 403 Å². The Hall–Kier alpha value is -6.41. The minimum absolute atomic E-state index is 0.174. The molecule has 0 aliphatic carbocycles. The van der Waals surface area contributed by atoms with E-state index in [0.717, 1.165) is 63.3 Å². The van der Waals surface area contributed by atoms with Crippen LogP contribution in [-0.4, -0.2) is 77.1 Å². The number of hydrogen-bond acceptors (Lipinski definition) is 9. The van der Waals surface area contributed by atoms with Gasteiger partial charge in [0.1, 0.15) is 49.0 Å². The molecule has 3 aromatic carbocycles. The van der Waals surface area contributed by atoms with Crippen molar-refractivity contribution < 1.29 is 41.6 Å². The quantitative estimate of drug-likeness (QED) is 0.0426. The van der Waals surface area contributed by atoms with Gasteiger partial charge >= 0.3 is 0 Å². The molecule has 364 valence electrons. The summed E-state index contributed by atoms with van der Waals surface area (Å²) in [6.07, 6.45) is 2.68. The zero-order chi connectivity index (χ0) is 49.6. The summed E-state index contributed by atoms with van der Waals surface area (Å²) in [4.78, 5) is 17.9. The fourth-order valence-corrected chi connectivity index (χ4v) is 8.23. The van der Waals surface area contributed by atoms with E-state index >= 15 is 0 Å². The van der Waals surface area contributed by atoms with E-state index in [9.17, 15) is 22.7 Å². The molecular formula is C52H60F4N6O5Si2. The van der Waals surface area contributed by atoms with Gasteiger partial charge in [-0.05, 0) is 103 Å². The molecule has 7 aromatic rings. The van der Waals surface area contributed by atoms with E-state index in [2.05, 4.69) is 59.2 Å². The molecular weight excluding hydrogens is 921 g/mol. The Balaban J connectivity index is 0.000000235. The molecule has 17 heteroatoms. The number of halogens is 4. The van der Waals surface area contributed by atoms with Crippen molar-refractivity contribution in [3.8, 4) is 62.5 Å². The molecule has 4 heterocycles. The lowest BCUT2D eigenvalue weighted by Crippen LogP contribution is -2.22. The van der Waals surface area contributed by atoms with Crippen LogP contribution in [0.3, 0.4) is 0 Å². The summed E-state index contributed by atoms with van der Waals surface area (Å²) < 4.78 is 77.8. The number of alkyl halides is 2. The molecule has 0 atom stereocenters. The van der Waals surface area contributed by atoms with E-state index in [4.69, 9.17) is 18.9 Å². The summed E-state index contributed by atoms with van der Waals surface area (Å²) in [7, 11) is -0.803. The number of imidazole rings is 2. The monoisotopic (exact) mass is 980 g/mol. The molecule has 0 aliphatic rings. The molecule has 0 unspecified atom stereocenters. The zero-order valence-electron chi connectivity index (χ0n) is 40.1. The van der Waals surface area contributed by atoms with Crippen molar-refractivity contribution in [2.24, 2.45) is 0 Å². The largest absolute Gasteiger partial charge is 0.508 e. The van der Waals surface area contributed by atoms with Gasteiger partial charge in [0.05, 0.1) is 36.3 Å². The summed E-state index contributed by atoms with van der Waals surface area (Å²) in [5, 5.41) is 9.43. The number of methoxy groups -OCH3 is 1. The number of aromatic nitrogens is 6. The number of phenols is 1. The predicted molar refractivity (Wildman–Crippen MR) is 269 cm³/mol. The lowest BCUT2D eigenvalue weighted by molar-refractivity contribution is 0.0880. The molecule has 0 spiro atoms. The highest BCUT2D eigenvalue weighted by Crippen LogP contribution is 2.28. The second-order valence-electron chi connectivity index (χ2n) is 18.8. The van der Waals surface area contributed by atoms with Crippen molar-refractivity contribution in [1.29, 1.82) is 0 Å². The first-order valence-electron chi connectivity index (χ1n) is 22.6. The highest BCUT2D eigenvalue weighted by atomic mass is 28.3. The maximum absolute atomic E-state index is 12.9. The Bertz CT molecular complexity index is 2700. The third-order valence-corrected chi connectivity index (χ3v) is 14.0. The van der Waals surface area contributed by atoms with Crippen LogP contribution in [0.1, 0.15) is 17.0 Å². The number of aromatic hydroxyl groups is 1. The standard InChI is InChI=1S/C30H33F2N3O3Si.C22H27F2N3O2Si/c1-36-26-10-5-22(6-11-26)20-38-27-12-7-23(8-13-27)28-14-9-24(18-33-28)30-34-25(17-29(31)32)19-35(30)21-37-15-16-39(2,3)4;1-30(2,3)11-10-29-15-27-14-18(12-21(23)24)26-22(27)17-6-9-20(25-13-17)16-4-7-19(28)8-5-16/h5-14,17-19H,15-16,20-21H2,1-4H3;4-9,13-14,21,28H,10-12,15H2,1-3H3. The molecule has 0 saturated carbocycles. The Morgan fingerprint density at radius 3 is 1.61 bits per heavy atom. The van der Waals surface area contributed by atoms with Gasteiger partial charge in [0.25, 0.3) is 6.08 Å². The fraction of sp³-hybridized carbons (Fsp3) is 0.308. The first-order valence-corrected chi connectivity index (χ1v) is 30.0. The minimum Gasteiger partial charge on any atom is -0.508 e. The Morgan fingerprint density at radius 2 is 1.13 bits per heavy atom. The molecule has 0 bridgehead atoms. The second kappa shape index (κ2) is 24.2. The lowest BCUT2D eigenvalue weighted by Gasteiger charge is -2.16. The van der Waals surface area contributed by atoms with Crippen LogP contribution in [-0.2, 0) is 36.0 Å². The number of nitrogens with zero attached hydrogens (tertiary/aromatic N) is 6. The van der Waals surface area contributed by atoms with Crippen LogP contribution in [0.4, 0.5) is 17.6 Å². The smallest absolute Gasteiger partial charge is 0.272 e.